The van der Waals surface area contributed by atoms with Crippen molar-refractivity contribution in [1.82, 2.24) is 15.2 Å². The summed E-state index contributed by atoms with van der Waals surface area (Å²) in [5.74, 6) is 0.497. The van der Waals surface area contributed by atoms with Crippen molar-refractivity contribution in [3.63, 3.8) is 0 Å². The van der Waals surface area contributed by atoms with Crippen LogP contribution in [0.3, 0.4) is 0 Å². The molecule has 28 heavy (non-hydrogen) atoms. The van der Waals surface area contributed by atoms with Crippen molar-refractivity contribution >= 4 is 28.2 Å². The van der Waals surface area contributed by atoms with Crippen LogP contribution in [0.2, 0.25) is 0 Å². The van der Waals surface area contributed by atoms with E-state index >= 15 is 0 Å². The first kappa shape index (κ1) is 20.8. The highest BCUT2D eigenvalue weighted by Crippen LogP contribution is 2.21. The minimum Gasteiger partial charge on any atom is -0.376 e. The van der Waals surface area contributed by atoms with Gasteiger partial charge in [0, 0.05) is 30.6 Å². The van der Waals surface area contributed by atoms with E-state index in [1.807, 2.05) is 19.1 Å². The summed E-state index contributed by atoms with van der Waals surface area (Å²) in [5.41, 5.74) is 3.83. The van der Waals surface area contributed by atoms with Gasteiger partial charge in [-0.15, -0.1) is 0 Å². The number of nitrogens with zero attached hydrogens (tertiary/aromatic N) is 1. The Bertz CT molecular complexity index is 901. The van der Waals surface area contributed by atoms with E-state index in [4.69, 9.17) is 17.0 Å². The lowest BCUT2D eigenvalue weighted by Gasteiger charge is -2.28. The van der Waals surface area contributed by atoms with E-state index in [1.54, 1.807) is 0 Å². The SMILES string of the molecule is Cc1ccc(C)c2[nH]c(=O)c(CN(CC3CCCO3)C(=S)NCC(C)C)cc12. The summed E-state index contributed by atoms with van der Waals surface area (Å²) in [4.78, 5) is 17.9. The largest absolute Gasteiger partial charge is 0.376 e. The second kappa shape index (κ2) is 9.05. The first-order valence-electron chi connectivity index (χ1n) is 10.1. The third-order valence-corrected chi connectivity index (χ3v) is 5.68. The molecular formula is C22H31N3O2S. The summed E-state index contributed by atoms with van der Waals surface area (Å²) >= 11 is 5.66. The Hall–Kier alpha value is -1.92. The lowest BCUT2D eigenvalue weighted by atomic mass is 10.0. The maximum absolute atomic E-state index is 12.8. The van der Waals surface area contributed by atoms with Gasteiger partial charge < -0.3 is 19.9 Å². The predicted molar refractivity (Wildman–Crippen MR) is 119 cm³/mol. The number of thiocarbonyl (C=S) groups is 1. The topological polar surface area (TPSA) is 57.4 Å². The van der Waals surface area contributed by atoms with E-state index in [2.05, 4.69) is 42.0 Å². The highest BCUT2D eigenvalue weighted by Gasteiger charge is 2.22. The third kappa shape index (κ3) is 4.92. The zero-order valence-corrected chi connectivity index (χ0v) is 18.1. The molecule has 6 heteroatoms. The Morgan fingerprint density at radius 3 is 2.79 bits per heavy atom. The fraction of sp³-hybridized carbons (Fsp3) is 0.545. The van der Waals surface area contributed by atoms with Crippen molar-refractivity contribution in [1.29, 1.82) is 0 Å². The van der Waals surface area contributed by atoms with Crippen LogP contribution < -0.4 is 10.9 Å². The number of rotatable bonds is 6. The van der Waals surface area contributed by atoms with Crippen LogP contribution in [0, 0.1) is 19.8 Å². The lowest BCUT2D eigenvalue weighted by Crippen LogP contribution is -2.44. The molecule has 2 heterocycles. The average molecular weight is 402 g/mol. The molecule has 1 atom stereocenters. The molecule has 2 N–H and O–H groups in total. The quantitative estimate of drug-likeness (QED) is 0.724. The van der Waals surface area contributed by atoms with E-state index in [-0.39, 0.29) is 11.7 Å². The van der Waals surface area contributed by atoms with Crippen molar-refractivity contribution in [2.75, 3.05) is 19.7 Å². The number of pyridine rings is 1. The number of H-pyrrole nitrogens is 1. The van der Waals surface area contributed by atoms with Crippen LogP contribution in [0.5, 0.6) is 0 Å². The fourth-order valence-electron chi connectivity index (χ4n) is 3.60. The molecule has 152 valence electrons. The maximum atomic E-state index is 12.8. The molecule has 1 aliphatic rings. The summed E-state index contributed by atoms with van der Waals surface area (Å²) in [7, 11) is 0. The number of nitrogens with one attached hydrogen (secondary N) is 2. The van der Waals surface area contributed by atoms with Gasteiger partial charge in [-0.2, -0.15) is 0 Å². The molecule has 0 amide bonds. The summed E-state index contributed by atoms with van der Waals surface area (Å²) < 4.78 is 5.82. The van der Waals surface area contributed by atoms with Gasteiger partial charge >= 0.3 is 0 Å². The average Bonchev–Trinajstić information content (AvgIpc) is 3.16. The maximum Gasteiger partial charge on any atom is 0.253 e. The van der Waals surface area contributed by atoms with E-state index in [0.29, 0.717) is 24.1 Å². The summed E-state index contributed by atoms with van der Waals surface area (Å²) in [5, 5.41) is 5.12. The van der Waals surface area contributed by atoms with Gasteiger partial charge in [0.25, 0.3) is 5.56 Å². The summed E-state index contributed by atoms with van der Waals surface area (Å²) in [6.45, 7) is 11.2. The third-order valence-electron chi connectivity index (χ3n) is 5.28. The van der Waals surface area contributed by atoms with Crippen LogP contribution in [0.1, 0.15) is 43.4 Å². The molecule has 0 spiro atoms. The van der Waals surface area contributed by atoms with Gasteiger partial charge in [0.15, 0.2) is 5.11 Å². The number of aryl methyl sites for hydroxylation is 2. The van der Waals surface area contributed by atoms with Crippen LogP contribution in [0.15, 0.2) is 23.0 Å². The second-order valence-corrected chi connectivity index (χ2v) is 8.59. The normalized spacial score (nSPS) is 16.7. The van der Waals surface area contributed by atoms with Crippen molar-refractivity contribution < 1.29 is 4.74 Å². The molecule has 0 aliphatic carbocycles. The molecule has 0 bridgehead atoms. The van der Waals surface area contributed by atoms with Crippen molar-refractivity contribution in [3.8, 4) is 0 Å². The Morgan fingerprint density at radius 2 is 2.11 bits per heavy atom. The van der Waals surface area contributed by atoms with Gasteiger partial charge in [-0.25, -0.2) is 0 Å². The standard InChI is InChI=1S/C22H31N3O2S/c1-14(2)11-23-22(28)25(13-18-6-5-9-27-18)12-17-10-19-15(3)7-8-16(4)20(19)24-21(17)26/h7-8,10,14,18H,5-6,9,11-13H2,1-4H3,(H,23,28)(H,24,26). The van der Waals surface area contributed by atoms with E-state index in [0.717, 1.165) is 53.6 Å². The molecule has 1 aliphatic heterocycles. The highest BCUT2D eigenvalue weighted by molar-refractivity contribution is 7.80. The van der Waals surface area contributed by atoms with Gasteiger partial charge in [0.05, 0.1) is 18.2 Å². The fourth-order valence-corrected chi connectivity index (χ4v) is 3.82. The van der Waals surface area contributed by atoms with Gasteiger partial charge in [-0.05, 0) is 62.0 Å². The number of hydrogen-bond acceptors (Lipinski definition) is 3. The molecule has 1 unspecified atom stereocenters. The molecule has 1 fully saturated rings. The molecule has 0 saturated carbocycles. The van der Waals surface area contributed by atoms with Crippen molar-refractivity contribution in [2.24, 2.45) is 5.92 Å². The lowest BCUT2D eigenvalue weighted by molar-refractivity contribution is 0.0896. The molecule has 1 aromatic heterocycles. The zero-order chi connectivity index (χ0) is 20.3. The number of ether oxygens (including phenoxy) is 1. The Morgan fingerprint density at radius 1 is 1.36 bits per heavy atom. The Labute approximate surface area is 172 Å². The second-order valence-electron chi connectivity index (χ2n) is 8.21. The Kier molecular flexibility index (Phi) is 6.73. The van der Waals surface area contributed by atoms with E-state index < -0.39 is 0 Å². The van der Waals surface area contributed by atoms with Gasteiger partial charge in [0.2, 0.25) is 0 Å². The minimum absolute atomic E-state index is 0.0507. The smallest absolute Gasteiger partial charge is 0.253 e. The summed E-state index contributed by atoms with van der Waals surface area (Å²) in [6.07, 6.45) is 2.29. The monoisotopic (exact) mass is 401 g/mol. The number of benzene rings is 1. The van der Waals surface area contributed by atoms with Gasteiger partial charge in [0.1, 0.15) is 0 Å². The predicted octanol–water partition coefficient (Wildman–Crippen LogP) is 3.66. The number of fused-ring (bicyclic) bond motifs is 1. The van der Waals surface area contributed by atoms with Crippen LogP contribution >= 0.6 is 12.2 Å². The minimum atomic E-state index is -0.0507. The summed E-state index contributed by atoms with van der Waals surface area (Å²) in [6, 6.07) is 6.16. The van der Waals surface area contributed by atoms with Gasteiger partial charge in [-0.1, -0.05) is 26.0 Å². The van der Waals surface area contributed by atoms with Crippen molar-refractivity contribution in [3.05, 3.63) is 45.2 Å². The number of aromatic amines is 1. The first-order chi connectivity index (χ1) is 13.3. The number of aromatic nitrogens is 1. The number of hydrogen-bond donors (Lipinski definition) is 2. The molecule has 5 nitrogen and oxygen atoms in total. The molecule has 1 saturated heterocycles. The van der Waals surface area contributed by atoms with Gasteiger partial charge in [-0.3, -0.25) is 4.79 Å². The van der Waals surface area contributed by atoms with Crippen LogP contribution in [0.25, 0.3) is 10.9 Å². The Balaban J connectivity index is 1.88. The van der Waals surface area contributed by atoms with E-state index in [1.165, 1.54) is 0 Å². The molecule has 3 rings (SSSR count). The van der Waals surface area contributed by atoms with Crippen LogP contribution in [-0.4, -0.2) is 40.8 Å². The molecule has 0 radical (unpaired) electrons. The van der Waals surface area contributed by atoms with Crippen LogP contribution in [-0.2, 0) is 11.3 Å². The molecule has 1 aromatic carbocycles. The molecule has 2 aromatic rings. The van der Waals surface area contributed by atoms with E-state index in [9.17, 15) is 4.79 Å². The van der Waals surface area contributed by atoms with Crippen molar-refractivity contribution in [2.45, 2.75) is 53.2 Å². The highest BCUT2D eigenvalue weighted by atomic mass is 32.1. The first-order valence-corrected chi connectivity index (χ1v) is 10.5. The zero-order valence-electron chi connectivity index (χ0n) is 17.3. The van der Waals surface area contributed by atoms with Crippen LogP contribution in [0.4, 0.5) is 0 Å². The molecular weight excluding hydrogens is 370 g/mol.